The molecule has 0 saturated carbocycles. The summed E-state index contributed by atoms with van der Waals surface area (Å²) in [5, 5.41) is 13.2. The van der Waals surface area contributed by atoms with Gasteiger partial charge in [-0.3, -0.25) is 0 Å². The monoisotopic (exact) mass is 301 g/mol. The summed E-state index contributed by atoms with van der Waals surface area (Å²) in [6, 6.07) is 18.8. The van der Waals surface area contributed by atoms with Crippen LogP contribution in [0.3, 0.4) is 0 Å². The summed E-state index contributed by atoms with van der Waals surface area (Å²) in [4.78, 5) is 1.27. The van der Waals surface area contributed by atoms with Crippen LogP contribution < -0.4 is 5.32 Å². The lowest BCUT2D eigenvalue weighted by molar-refractivity contribution is 0.165. The quantitative estimate of drug-likeness (QED) is 0.767. The number of hydrogen-bond donors (Lipinski definition) is 2. The molecule has 0 radical (unpaired) electrons. The summed E-state index contributed by atoms with van der Waals surface area (Å²) in [6.45, 7) is 2.20. The molecule has 0 saturated heterocycles. The minimum atomic E-state index is -0.362. The van der Waals surface area contributed by atoms with Crippen molar-refractivity contribution in [2.24, 2.45) is 0 Å². The molecule has 0 aromatic heterocycles. The number of hydrogen-bond acceptors (Lipinski definition) is 3. The van der Waals surface area contributed by atoms with Gasteiger partial charge in [0.25, 0.3) is 0 Å². The molecule has 1 unspecified atom stereocenters. The van der Waals surface area contributed by atoms with E-state index in [1.54, 1.807) is 0 Å². The molecule has 2 nitrogen and oxygen atoms in total. The number of likely N-dealkylation sites (N-methyl/N-ethyl adjacent to an activating group) is 1. The number of aliphatic hydroxyl groups is 1. The average Bonchev–Trinajstić information content (AvgIpc) is 2.55. The molecule has 21 heavy (non-hydrogen) atoms. The van der Waals surface area contributed by atoms with E-state index < -0.39 is 0 Å². The fourth-order valence-corrected chi connectivity index (χ4v) is 3.41. The van der Waals surface area contributed by atoms with E-state index in [-0.39, 0.29) is 12.1 Å². The Morgan fingerprint density at radius 3 is 2.29 bits per heavy atom. The summed E-state index contributed by atoms with van der Waals surface area (Å²) in [5.74, 6) is 0.958. The second kappa shape index (κ2) is 7.64. The van der Waals surface area contributed by atoms with Crippen molar-refractivity contribution >= 4 is 11.8 Å². The van der Waals surface area contributed by atoms with Crippen LogP contribution >= 0.6 is 11.8 Å². The number of nitrogens with one attached hydrogen (secondary N) is 1. The maximum Gasteiger partial charge on any atom is 0.0674 e. The molecular formula is C18H23NOS. The molecule has 1 atom stereocenters. The van der Waals surface area contributed by atoms with Crippen LogP contribution in [0.5, 0.6) is 0 Å². The third-order valence-electron chi connectivity index (χ3n) is 3.89. The summed E-state index contributed by atoms with van der Waals surface area (Å²) < 4.78 is 0. The zero-order chi connectivity index (χ0) is 15.1. The number of rotatable bonds is 7. The van der Waals surface area contributed by atoms with Gasteiger partial charge >= 0.3 is 0 Å². The highest BCUT2D eigenvalue weighted by Gasteiger charge is 2.28. The highest BCUT2D eigenvalue weighted by atomic mass is 32.2. The maximum absolute atomic E-state index is 9.89. The topological polar surface area (TPSA) is 32.3 Å². The SMILES string of the molecule is CNC(CO)(CCSc1ccc(C)cc1)c1ccccc1. The second-order valence-electron chi connectivity index (χ2n) is 5.27. The largest absolute Gasteiger partial charge is 0.394 e. The first-order chi connectivity index (χ1) is 10.2. The van der Waals surface area contributed by atoms with Gasteiger partial charge < -0.3 is 10.4 Å². The molecule has 2 aromatic carbocycles. The molecule has 0 aliphatic heterocycles. The van der Waals surface area contributed by atoms with Gasteiger partial charge in [-0.15, -0.1) is 11.8 Å². The maximum atomic E-state index is 9.89. The van der Waals surface area contributed by atoms with Crippen molar-refractivity contribution in [1.29, 1.82) is 0 Å². The average molecular weight is 301 g/mol. The van der Waals surface area contributed by atoms with Gasteiger partial charge in [0, 0.05) is 10.6 Å². The number of aliphatic hydroxyl groups excluding tert-OH is 1. The van der Waals surface area contributed by atoms with Gasteiger partial charge in [0.15, 0.2) is 0 Å². The highest BCUT2D eigenvalue weighted by Crippen LogP contribution is 2.28. The molecule has 0 bridgehead atoms. The standard InChI is InChI=1S/C18H23NOS/c1-15-8-10-17(11-9-15)21-13-12-18(14-20,19-2)16-6-4-3-5-7-16/h3-11,19-20H,12-14H2,1-2H3. The predicted molar refractivity (Wildman–Crippen MR) is 90.8 cm³/mol. The molecule has 112 valence electrons. The van der Waals surface area contributed by atoms with Gasteiger partial charge in [-0.05, 0) is 38.1 Å². The van der Waals surface area contributed by atoms with E-state index in [0.717, 1.165) is 17.7 Å². The van der Waals surface area contributed by atoms with Crippen molar-refractivity contribution in [1.82, 2.24) is 5.32 Å². The first-order valence-corrected chi connectivity index (χ1v) is 8.23. The first-order valence-electron chi connectivity index (χ1n) is 7.25. The molecule has 3 heteroatoms. The summed E-state index contributed by atoms with van der Waals surface area (Å²) in [5.41, 5.74) is 2.06. The van der Waals surface area contributed by atoms with Gasteiger partial charge in [-0.1, -0.05) is 48.0 Å². The van der Waals surface area contributed by atoms with E-state index in [1.807, 2.05) is 37.0 Å². The number of benzene rings is 2. The van der Waals surface area contributed by atoms with E-state index >= 15 is 0 Å². The second-order valence-corrected chi connectivity index (χ2v) is 6.44. The molecule has 0 amide bonds. The predicted octanol–water partition coefficient (Wildman–Crippen LogP) is 3.58. The van der Waals surface area contributed by atoms with Crippen molar-refractivity contribution < 1.29 is 5.11 Å². The Morgan fingerprint density at radius 1 is 1.05 bits per heavy atom. The van der Waals surface area contributed by atoms with Crippen LogP contribution in [0.25, 0.3) is 0 Å². The third kappa shape index (κ3) is 4.10. The summed E-state index contributed by atoms with van der Waals surface area (Å²) in [6.07, 6.45) is 0.878. The fourth-order valence-electron chi connectivity index (χ4n) is 2.40. The van der Waals surface area contributed by atoms with Gasteiger partial charge in [0.2, 0.25) is 0 Å². The minimum Gasteiger partial charge on any atom is -0.394 e. The van der Waals surface area contributed by atoms with E-state index in [9.17, 15) is 5.11 Å². The lowest BCUT2D eigenvalue weighted by Crippen LogP contribution is -2.44. The Kier molecular flexibility index (Phi) is 5.85. The van der Waals surface area contributed by atoms with Crippen LogP contribution in [0, 0.1) is 6.92 Å². The smallest absolute Gasteiger partial charge is 0.0674 e. The molecule has 2 aromatic rings. The first kappa shape index (κ1) is 16.1. The molecule has 0 fully saturated rings. The van der Waals surface area contributed by atoms with Crippen molar-refractivity contribution in [3.63, 3.8) is 0 Å². The summed E-state index contributed by atoms with van der Waals surface area (Å²) >= 11 is 1.83. The van der Waals surface area contributed by atoms with Crippen LogP contribution in [0.2, 0.25) is 0 Å². The van der Waals surface area contributed by atoms with Gasteiger partial charge in [-0.2, -0.15) is 0 Å². The Labute approximate surface area is 131 Å². The van der Waals surface area contributed by atoms with Crippen molar-refractivity contribution in [3.8, 4) is 0 Å². The van der Waals surface area contributed by atoms with Crippen LogP contribution in [0.1, 0.15) is 17.5 Å². The normalized spacial score (nSPS) is 13.9. The van der Waals surface area contributed by atoms with Crippen molar-refractivity contribution in [3.05, 3.63) is 65.7 Å². The Morgan fingerprint density at radius 2 is 1.71 bits per heavy atom. The Bertz CT molecular complexity index is 535. The fraction of sp³-hybridized carbons (Fsp3) is 0.333. The van der Waals surface area contributed by atoms with Crippen LogP contribution in [0.15, 0.2) is 59.5 Å². The van der Waals surface area contributed by atoms with Crippen LogP contribution in [-0.4, -0.2) is 24.5 Å². The van der Waals surface area contributed by atoms with E-state index in [0.29, 0.717) is 0 Å². The molecule has 2 rings (SSSR count). The molecular weight excluding hydrogens is 278 g/mol. The van der Waals surface area contributed by atoms with E-state index in [2.05, 4.69) is 48.6 Å². The third-order valence-corrected chi connectivity index (χ3v) is 4.91. The Hall–Kier alpha value is -1.29. The number of aryl methyl sites for hydroxylation is 1. The van der Waals surface area contributed by atoms with Crippen LogP contribution in [-0.2, 0) is 5.54 Å². The zero-order valence-corrected chi connectivity index (χ0v) is 13.5. The summed E-state index contributed by atoms with van der Waals surface area (Å²) in [7, 11) is 1.92. The van der Waals surface area contributed by atoms with E-state index in [1.165, 1.54) is 10.5 Å². The van der Waals surface area contributed by atoms with Gasteiger partial charge in [-0.25, -0.2) is 0 Å². The molecule has 0 aliphatic carbocycles. The molecule has 2 N–H and O–H groups in total. The van der Waals surface area contributed by atoms with E-state index in [4.69, 9.17) is 0 Å². The van der Waals surface area contributed by atoms with Crippen molar-refractivity contribution in [2.75, 3.05) is 19.4 Å². The van der Waals surface area contributed by atoms with Crippen LogP contribution in [0.4, 0.5) is 0 Å². The molecule has 0 aliphatic rings. The number of thioether (sulfide) groups is 1. The molecule has 0 heterocycles. The lowest BCUT2D eigenvalue weighted by atomic mass is 9.88. The van der Waals surface area contributed by atoms with Gasteiger partial charge in [0.1, 0.15) is 0 Å². The Balaban J connectivity index is 2.02. The minimum absolute atomic E-state index is 0.0992. The molecule has 0 spiro atoms. The van der Waals surface area contributed by atoms with Crippen molar-refractivity contribution in [2.45, 2.75) is 23.8 Å². The highest BCUT2D eigenvalue weighted by molar-refractivity contribution is 7.99. The lowest BCUT2D eigenvalue weighted by Gasteiger charge is -2.32. The zero-order valence-electron chi connectivity index (χ0n) is 12.7. The van der Waals surface area contributed by atoms with Gasteiger partial charge in [0.05, 0.1) is 12.1 Å².